The monoisotopic (exact) mass is 419 g/mol. The smallest absolute Gasteiger partial charge is 0.387 e. The molecule has 1 aromatic heterocycles. The number of methoxy groups -OCH3 is 1. The largest absolute Gasteiger partial charge is 0.493 e. The van der Waals surface area contributed by atoms with E-state index in [1.54, 1.807) is 31.2 Å². The van der Waals surface area contributed by atoms with Crippen molar-refractivity contribution in [2.24, 2.45) is 0 Å². The van der Waals surface area contributed by atoms with Gasteiger partial charge in [-0.15, -0.1) is 0 Å². The van der Waals surface area contributed by atoms with Crippen molar-refractivity contribution in [3.05, 3.63) is 71.3 Å². The summed E-state index contributed by atoms with van der Waals surface area (Å²) >= 11 is 0. The molecule has 1 N–H and O–H groups in total. The van der Waals surface area contributed by atoms with Gasteiger partial charge in [-0.2, -0.15) is 13.9 Å². The first-order valence-corrected chi connectivity index (χ1v) is 9.10. The molecule has 158 valence electrons. The highest BCUT2D eigenvalue weighted by Gasteiger charge is 2.17. The summed E-state index contributed by atoms with van der Waals surface area (Å²) in [5.74, 6) is -0.692. The summed E-state index contributed by atoms with van der Waals surface area (Å²) in [6, 6.07) is 10.8. The number of benzene rings is 2. The zero-order chi connectivity index (χ0) is 21.7. The summed E-state index contributed by atoms with van der Waals surface area (Å²) in [6.07, 6.45) is 1.76. The molecule has 1 heterocycles. The van der Waals surface area contributed by atoms with Crippen molar-refractivity contribution in [2.75, 3.05) is 13.7 Å². The Hall–Kier alpha value is -3.49. The van der Waals surface area contributed by atoms with Crippen LogP contribution in [0.15, 0.2) is 48.7 Å². The number of amides is 1. The van der Waals surface area contributed by atoms with Gasteiger partial charge < -0.3 is 14.8 Å². The van der Waals surface area contributed by atoms with Gasteiger partial charge in [-0.3, -0.25) is 4.79 Å². The minimum atomic E-state index is -2.97. The fraction of sp³-hybridized carbons (Fsp3) is 0.238. The summed E-state index contributed by atoms with van der Waals surface area (Å²) in [5, 5.41) is 6.86. The van der Waals surface area contributed by atoms with Gasteiger partial charge in [0.15, 0.2) is 11.5 Å². The third-order valence-electron chi connectivity index (χ3n) is 4.48. The van der Waals surface area contributed by atoms with Crippen molar-refractivity contribution in [1.29, 1.82) is 0 Å². The summed E-state index contributed by atoms with van der Waals surface area (Å²) in [7, 11) is 1.36. The molecule has 3 aromatic rings. The fourth-order valence-electron chi connectivity index (χ4n) is 2.98. The number of nitrogens with zero attached hydrogens (tertiary/aromatic N) is 2. The number of carbonyl (C=O) groups is 1. The van der Waals surface area contributed by atoms with Crippen LogP contribution in [-0.4, -0.2) is 36.0 Å². The van der Waals surface area contributed by atoms with E-state index >= 15 is 0 Å². The van der Waals surface area contributed by atoms with Gasteiger partial charge in [0.05, 0.1) is 24.6 Å². The van der Waals surface area contributed by atoms with Crippen LogP contribution in [0.1, 0.15) is 21.6 Å². The van der Waals surface area contributed by atoms with E-state index in [2.05, 4.69) is 15.2 Å². The van der Waals surface area contributed by atoms with Crippen LogP contribution in [0.2, 0.25) is 0 Å². The van der Waals surface area contributed by atoms with Crippen molar-refractivity contribution in [3.63, 3.8) is 0 Å². The molecule has 2 aromatic carbocycles. The van der Waals surface area contributed by atoms with Crippen LogP contribution >= 0.6 is 0 Å². The third kappa shape index (κ3) is 4.73. The van der Waals surface area contributed by atoms with Crippen LogP contribution in [0.4, 0.5) is 13.2 Å². The van der Waals surface area contributed by atoms with Crippen molar-refractivity contribution < 1.29 is 27.4 Å². The third-order valence-corrected chi connectivity index (χ3v) is 4.48. The quantitative estimate of drug-likeness (QED) is 0.602. The highest BCUT2D eigenvalue weighted by Crippen LogP contribution is 2.29. The lowest BCUT2D eigenvalue weighted by Crippen LogP contribution is -2.26. The van der Waals surface area contributed by atoms with Crippen molar-refractivity contribution >= 4 is 5.91 Å². The Labute approximate surface area is 171 Å². The summed E-state index contributed by atoms with van der Waals surface area (Å²) < 4.78 is 49.9. The Balaban J connectivity index is 1.65. The molecule has 3 rings (SSSR count). The van der Waals surface area contributed by atoms with Crippen LogP contribution in [0.25, 0.3) is 5.69 Å². The molecule has 0 aliphatic heterocycles. The van der Waals surface area contributed by atoms with E-state index in [0.29, 0.717) is 23.2 Å². The predicted molar refractivity (Wildman–Crippen MR) is 104 cm³/mol. The second-order valence-electron chi connectivity index (χ2n) is 6.38. The number of hydrogen-bond donors (Lipinski definition) is 1. The molecule has 9 heteroatoms. The fourth-order valence-corrected chi connectivity index (χ4v) is 2.98. The highest BCUT2D eigenvalue weighted by molar-refractivity contribution is 5.95. The molecule has 0 atom stereocenters. The molecule has 0 bridgehead atoms. The van der Waals surface area contributed by atoms with Gasteiger partial charge >= 0.3 is 6.61 Å². The average Bonchev–Trinajstić information content (AvgIpc) is 3.09. The SMILES string of the molecule is COc1ccc(CCNC(=O)c2cnn(-c3ccccc3F)c2C)cc1OC(F)F. The Morgan fingerprint density at radius 2 is 1.97 bits per heavy atom. The summed E-state index contributed by atoms with van der Waals surface area (Å²) in [5.41, 5.74) is 1.74. The Morgan fingerprint density at radius 3 is 2.67 bits per heavy atom. The topological polar surface area (TPSA) is 65.4 Å². The first-order chi connectivity index (χ1) is 14.4. The van der Waals surface area contributed by atoms with Gasteiger partial charge in [0.1, 0.15) is 11.5 Å². The first-order valence-electron chi connectivity index (χ1n) is 9.10. The van der Waals surface area contributed by atoms with Crippen LogP contribution < -0.4 is 14.8 Å². The molecule has 0 unspecified atom stereocenters. The summed E-state index contributed by atoms with van der Waals surface area (Å²) in [4.78, 5) is 12.5. The molecule has 6 nitrogen and oxygen atoms in total. The van der Waals surface area contributed by atoms with Gasteiger partial charge in [0.2, 0.25) is 0 Å². The van der Waals surface area contributed by atoms with Gasteiger partial charge in [-0.1, -0.05) is 18.2 Å². The molecule has 0 spiro atoms. The number of nitrogens with one attached hydrogen (secondary N) is 1. The average molecular weight is 419 g/mol. The summed E-state index contributed by atoms with van der Waals surface area (Å²) in [6.45, 7) is -1.04. The molecule has 0 aliphatic rings. The number of halogens is 3. The Bertz CT molecular complexity index is 1040. The first kappa shape index (κ1) is 21.2. The molecule has 0 radical (unpaired) electrons. The Morgan fingerprint density at radius 1 is 1.20 bits per heavy atom. The maximum atomic E-state index is 14.0. The van der Waals surface area contributed by atoms with E-state index in [9.17, 15) is 18.0 Å². The van der Waals surface area contributed by atoms with Crippen molar-refractivity contribution in [2.45, 2.75) is 20.0 Å². The normalized spacial score (nSPS) is 10.9. The van der Waals surface area contributed by atoms with E-state index in [4.69, 9.17) is 4.74 Å². The molecule has 0 saturated carbocycles. The lowest BCUT2D eigenvalue weighted by molar-refractivity contribution is -0.0512. The molecule has 0 fully saturated rings. The second kappa shape index (κ2) is 9.34. The Kier molecular flexibility index (Phi) is 6.61. The number of para-hydroxylation sites is 1. The zero-order valence-electron chi connectivity index (χ0n) is 16.4. The van der Waals surface area contributed by atoms with E-state index in [1.165, 1.54) is 36.2 Å². The van der Waals surface area contributed by atoms with E-state index in [-0.39, 0.29) is 29.6 Å². The molecule has 1 amide bonds. The number of carbonyl (C=O) groups excluding carboxylic acids is 1. The van der Waals surface area contributed by atoms with E-state index in [0.717, 1.165) is 0 Å². The lowest BCUT2D eigenvalue weighted by Gasteiger charge is -2.12. The maximum absolute atomic E-state index is 14.0. The van der Waals surface area contributed by atoms with E-state index < -0.39 is 12.4 Å². The standard InChI is InChI=1S/C21H20F3N3O3/c1-13-15(12-26-27(13)17-6-4-3-5-16(17)22)20(28)25-10-9-14-7-8-18(29-2)19(11-14)30-21(23)24/h3-8,11-12,21H,9-10H2,1-2H3,(H,25,28). The van der Waals surface area contributed by atoms with Gasteiger partial charge in [-0.05, 0) is 43.2 Å². The number of hydrogen-bond acceptors (Lipinski definition) is 4. The minimum Gasteiger partial charge on any atom is -0.493 e. The predicted octanol–water partition coefficient (Wildman–Crippen LogP) is 3.90. The van der Waals surface area contributed by atoms with Crippen LogP contribution in [0.3, 0.4) is 0 Å². The number of alkyl halides is 2. The molecule has 30 heavy (non-hydrogen) atoms. The number of rotatable bonds is 8. The second-order valence-corrected chi connectivity index (χ2v) is 6.38. The van der Waals surface area contributed by atoms with E-state index in [1.807, 2.05) is 0 Å². The zero-order valence-corrected chi connectivity index (χ0v) is 16.4. The van der Waals surface area contributed by atoms with Gasteiger partial charge in [-0.25, -0.2) is 9.07 Å². The molecule has 0 saturated heterocycles. The van der Waals surface area contributed by atoms with Crippen LogP contribution in [0, 0.1) is 12.7 Å². The van der Waals surface area contributed by atoms with Crippen LogP contribution in [0.5, 0.6) is 11.5 Å². The van der Waals surface area contributed by atoms with Gasteiger partial charge in [0.25, 0.3) is 5.91 Å². The van der Waals surface area contributed by atoms with Crippen molar-refractivity contribution in [1.82, 2.24) is 15.1 Å². The minimum absolute atomic E-state index is 0.0710. The number of ether oxygens (including phenoxy) is 2. The lowest BCUT2D eigenvalue weighted by atomic mass is 10.1. The maximum Gasteiger partial charge on any atom is 0.387 e. The number of aromatic nitrogens is 2. The van der Waals surface area contributed by atoms with Gasteiger partial charge in [0, 0.05) is 6.54 Å². The van der Waals surface area contributed by atoms with Crippen molar-refractivity contribution in [3.8, 4) is 17.2 Å². The van der Waals surface area contributed by atoms with Crippen LogP contribution in [-0.2, 0) is 6.42 Å². The molecule has 0 aliphatic carbocycles. The molecular formula is C21H20F3N3O3. The molecular weight excluding hydrogens is 399 g/mol. The highest BCUT2D eigenvalue weighted by atomic mass is 19.3.